The maximum Gasteiger partial charge on any atom is 0.141 e. The average Bonchev–Trinajstić information content (AvgIpc) is 3.69. The standard InChI is InChI=1S/C28H22N3O.C18H24GeN.Ir/c1-18(2)20-12-13-22-23-14-21(16-29-28(23)32-26(22)15-20)27-30-24-10-6-7-11-25(24)31(27)17-19-8-4-3-5-9-19;1-14(2)11-16-12-18(15-9-7-6-8-10-15)20-13-17(16)19(3,4)5;/h3-15,18H,17H2,1-2H3;6-9,12-14H,11H2,1-5H3;/q2*-1;. The third-order valence-corrected chi connectivity index (χ3v) is 13.8. The van der Waals surface area contributed by atoms with Crippen LogP contribution in [0, 0.1) is 18.2 Å². The van der Waals surface area contributed by atoms with Crippen molar-refractivity contribution in [3.05, 3.63) is 144 Å². The summed E-state index contributed by atoms with van der Waals surface area (Å²) in [5.41, 5.74) is 10.5. The van der Waals surface area contributed by atoms with Crippen LogP contribution >= 0.6 is 0 Å². The topological polar surface area (TPSA) is 56.7 Å². The number of furan rings is 1. The number of benzene rings is 4. The molecule has 0 saturated carbocycles. The monoisotopic (exact) mass is 937 g/mol. The van der Waals surface area contributed by atoms with Gasteiger partial charge in [-0.1, -0.05) is 74.0 Å². The van der Waals surface area contributed by atoms with E-state index in [0.29, 0.717) is 17.5 Å². The molecule has 5 nitrogen and oxygen atoms in total. The molecule has 0 bridgehead atoms. The van der Waals surface area contributed by atoms with E-state index in [0.717, 1.165) is 63.0 Å². The van der Waals surface area contributed by atoms with Crippen LogP contribution in [0.2, 0.25) is 17.3 Å². The summed E-state index contributed by atoms with van der Waals surface area (Å²) in [6.07, 6.45) is 6.46. The van der Waals surface area contributed by atoms with Crippen LogP contribution in [0.5, 0.6) is 0 Å². The molecule has 4 aromatic carbocycles. The number of aromatic nitrogens is 4. The molecule has 0 spiro atoms. The molecule has 271 valence electrons. The van der Waals surface area contributed by atoms with E-state index >= 15 is 0 Å². The quantitative estimate of drug-likeness (QED) is 0.113. The van der Waals surface area contributed by atoms with Gasteiger partial charge in [-0.2, -0.15) is 0 Å². The molecule has 1 radical (unpaired) electrons. The average molecular weight is 936 g/mol. The first kappa shape index (κ1) is 38.4. The number of pyridine rings is 2. The van der Waals surface area contributed by atoms with E-state index in [-0.39, 0.29) is 20.1 Å². The molecule has 53 heavy (non-hydrogen) atoms. The summed E-state index contributed by atoms with van der Waals surface area (Å²) >= 11 is -1.86. The van der Waals surface area contributed by atoms with E-state index in [4.69, 9.17) is 14.4 Å². The first-order valence-corrected chi connectivity index (χ1v) is 25.6. The van der Waals surface area contributed by atoms with Gasteiger partial charge in [-0.05, 0) is 46.8 Å². The second-order valence-electron chi connectivity index (χ2n) is 15.4. The zero-order valence-electron chi connectivity index (χ0n) is 31.6. The summed E-state index contributed by atoms with van der Waals surface area (Å²) < 4.78 is 9.83. The number of nitrogens with zero attached hydrogens (tertiary/aromatic N) is 4. The number of imidazole rings is 1. The number of rotatable bonds is 8. The van der Waals surface area contributed by atoms with Gasteiger partial charge in [0.15, 0.2) is 0 Å². The molecule has 0 aliphatic heterocycles. The Morgan fingerprint density at radius 3 is 2.26 bits per heavy atom. The predicted octanol–water partition coefficient (Wildman–Crippen LogP) is 11.3. The van der Waals surface area contributed by atoms with Gasteiger partial charge in [0.1, 0.15) is 11.3 Å². The van der Waals surface area contributed by atoms with Gasteiger partial charge in [0.05, 0.1) is 16.9 Å². The number of hydrogen-bond donors (Lipinski definition) is 0. The SMILES string of the molecule is CC(C)Cc1cc(-c2[c-]cccc2)nc[c]1[Ge]([CH3])([CH3])[CH3].CC(C)c1ccc2c(c1)oc1n[c-]c(-c3nc4ccccc4n3Cc3ccccc3)cc12.[Ir]. The Morgan fingerprint density at radius 1 is 0.792 bits per heavy atom. The molecular weight excluding hydrogens is 889 g/mol. The fourth-order valence-electron chi connectivity index (χ4n) is 6.79. The van der Waals surface area contributed by atoms with Crippen molar-refractivity contribution in [3.63, 3.8) is 0 Å². The van der Waals surface area contributed by atoms with E-state index in [1.54, 1.807) is 4.40 Å². The second-order valence-corrected chi connectivity index (χ2v) is 25.9. The van der Waals surface area contributed by atoms with Gasteiger partial charge in [0.2, 0.25) is 0 Å². The molecule has 8 rings (SSSR count). The summed E-state index contributed by atoms with van der Waals surface area (Å²) in [4.78, 5) is 14.2. The summed E-state index contributed by atoms with van der Waals surface area (Å²) in [6, 6.07) is 40.9. The molecule has 0 N–H and O–H groups in total. The summed E-state index contributed by atoms with van der Waals surface area (Å²) in [5, 5.41) is 2.06. The fourth-order valence-corrected chi connectivity index (χ4v) is 10.1. The fraction of sp³-hybridized carbons (Fsp3) is 0.239. The van der Waals surface area contributed by atoms with Crippen molar-refractivity contribution in [1.29, 1.82) is 0 Å². The molecule has 0 unspecified atom stereocenters. The van der Waals surface area contributed by atoms with Crippen molar-refractivity contribution in [2.75, 3.05) is 0 Å². The minimum absolute atomic E-state index is 0. The third-order valence-electron chi connectivity index (χ3n) is 9.46. The number of hydrogen-bond acceptors (Lipinski definition) is 4. The van der Waals surface area contributed by atoms with Gasteiger partial charge in [0.25, 0.3) is 0 Å². The molecule has 0 aliphatic rings. The Hall–Kier alpha value is -4.36. The number of fused-ring (bicyclic) bond motifs is 4. The van der Waals surface area contributed by atoms with Crippen LogP contribution in [-0.4, -0.2) is 32.8 Å². The van der Waals surface area contributed by atoms with Crippen molar-refractivity contribution in [2.45, 2.75) is 63.8 Å². The molecule has 0 saturated heterocycles. The molecule has 8 aromatic rings. The van der Waals surface area contributed by atoms with Gasteiger partial charge in [0, 0.05) is 32.0 Å². The van der Waals surface area contributed by atoms with Gasteiger partial charge >= 0.3 is 126 Å². The van der Waals surface area contributed by atoms with Crippen LogP contribution < -0.4 is 4.40 Å². The van der Waals surface area contributed by atoms with Crippen LogP contribution in [0.4, 0.5) is 0 Å². The molecule has 7 heteroatoms. The Balaban J connectivity index is 0.000000199. The minimum Gasteiger partial charge on any atom is -0.483 e. The molecule has 0 atom stereocenters. The van der Waals surface area contributed by atoms with Gasteiger partial charge in [-0.15, -0.1) is 6.07 Å². The molecule has 0 fully saturated rings. The van der Waals surface area contributed by atoms with Gasteiger partial charge in [-0.25, -0.2) is 0 Å². The van der Waals surface area contributed by atoms with Crippen LogP contribution in [0.15, 0.2) is 120 Å². The summed E-state index contributed by atoms with van der Waals surface area (Å²) in [7, 11) is 0. The van der Waals surface area contributed by atoms with Gasteiger partial charge in [-0.3, -0.25) is 4.98 Å². The second kappa shape index (κ2) is 16.3. The normalized spacial score (nSPS) is 11.6. The summed E-state index contributed by atoms with van der Waals surface area (Å²) in [6.45, 7) is 9.67. The molecule has 4 aromatic heterocycles. The number of para-hydroxylation sites is 2. The predicted molar refractivity (Wildman–Crippen MR) is 219 cm³/mol. The maximum atomic E-state index is 6.05. The summed E-state index contributed by atoms with van der Waals surface area (Å²) in [5.74, 6) is 9.30. The Kier molecular flexibility index (Phi) is 11.8. The molecular formula is C46H46GeIrN4O-2. The molecule has 0 aliphatic carbocycles. The van der Waals surface area contributed by atoms with Crippen molar-refractivity contribution in [2.24, 2.45) is 5.92 Å². The van der Waals surface area contributed by atoms with Crippen LogP contribution in [0.1, 0.15) is 50.3 Å². The van der Waals surface area contributed by atoms with E-state index < -0.39 is 13.3 Å². The van der Waals surface area contributed by atoms with Crippen LogP contribution in [0.25, 0.3) is 55.7 Å². The van der Waals surface area contributed by atoms with Crippen molar-refractivity contribution in [3.8, 4) is 22.6 Å². The Labute approximate surface area is 329 Å². The van der Waals surface area contributed by atoms with Crippen molar-refractivity contribution >= 4 is 50.8 Å². The smallest absolute Gasteiger partial charge is 0.141 e. The molecule has 0 amide bonds. The largest absolute Gasteiger partial charge is 0.483 e. The first-order chi connectivity index (χ1) is 25.0. The Bertz CT molecular complexity index is 2460. The molecule has 4 heterocycles. The van der Waals surface area contributed by atoms with Gasteiger partial charge < -0.3 is 14.0 Å². The van der Waals surface area contributed by atoms with E-state index in [2.05, 4.69) is 146 Å². The van der Waals surface area contributed by atoms with E-state index in [1.807, 2.05) is 36.4 Å². The van der Waals surface area contributed by atoms with Crippen molar-refractivity contribution < 1.29 is 24.5 Å². The maximum absolute atomic E-state index is 6.05. The Morgan fingerprint density at radius 2 is 1.55 bits per heavy atom. The zero-order chi connectivity index (χ0) is 36.4. The van der Waals surface area contributed by atoms with E-state index in [1.165, 1.54) is 16.7 Å². The minimum atomic E-state index is -1.86. The van der Waals surface area contributed by atoms with Crippen LogP contribution in [-0.2, 0) is 33.1 Å². The third kappa shape index (κ3) is 8.57. The van der Waals surface area contributed by atoms with Crippen LogP contribution in [0.3, 0.4) is 0 Å². The van der Waals surface area contributed by atoms with Crippen molar-refractivity contribution in [1.82, 2.24) is 19.5 Å². The zero-order valence-corrected chi connectivity index (χ0v) is 36.1. The van der Waals surface area contributed by atoms with E-state index in [9.17, 15) is 0 Å². The first-order valence-electron chi connectivity index (χ1n) is 18.3.